The van der Waals surface area contributed by atoms with E-state index in [1.54, 1.807) is 27.9 Å². The first-order chi connectivity index (χ1) is 17.5. The molecule has 0 aliphatic carbocycles. The Balaban J connectivity index is 1.37. The molecule has 3 heterocycles. The standard InChI is InChI=1S/C28H28FN5O2/c1-2-20-7-11-23(12-8-20)31-26(35)21-6-5-17-33(19-21)28(36)25-18-30-34(24-13-9-22(29)10-14-24)27(25)32-15-3-4-16-32/h3-4,7-16,18,21H,2,5-6,17,19H2,1H3,(H,31,35)/t21-/m1/s1. The van der Waals surface area contributed by atoms with E-state index in [9.17, 15) is 14.0 Å². The summed E-state index contributed by atoms with van der Waals surface area (Å²) in [6, 6.07) is 17.5. The molecular formula is C28H28FN5O2. The molecule has 0 spiro atoms. The van der Waals surface area contributed by atoms with Gasteiger partial charge in [0.05, 0.1) is 17.8 Å². The Morgan fingerprint density at radius 3 is 2.47 bits per heavy atom. The molecule has 0 bridgehead atoms. The number of anilines is 1. The third-order valence-electron chi connectivity index (χ3n) is 6.60. The molecule has 7 nitrogen and oxygen atoms in total. The molecule has 184 valence electrons. The van der Waals surface area contributed by atoms with Crippen LogP contribution in [-0.2, 0) is 11.2 Å². The molecule has 0 unspecified atom stereocenters. The van der Waals surface area contributed by atoms with Gasteiger partial charge in [-0.3, -0.25) is 9.59 Å². The fourth-order valence-corrected chi connectivity index (χ4v) is 4.60. The van der Waals surface area contributed by atoms with Gasteiger partial charge in [-0.05, 0) is 73.4 Å². The van der Waals surface area contributed by atoms with Crippen LogP contribution in [0.5, 0.6) is 0 Å². The van der Waals surface area contributed by atoms with Crippen molar-refractivity contribution < 1.29 is 14.0 Å². The Kier molecular flexibility index (Phi) is 6.66. The molecule has 5 rings (SSSR count). The maximum absolute atomic E-state index is 13.7. The van der Waals surface area contributed by atoms with Gasteiger partial charge in [0.2, 0.25) is 5.91 Å². The van der Waals surface area contributed by atoms with E-state index < -0.39 is 0 Å². The minimum atomic E-state index is -0.344. The van der Waals surface area contributed by atoms with E-state index in [4.69, 9.17) is 0 Å². The summed E-state index contributed by atoms with van der Waals surface area (Å²) in [4.78, 5) is 28.4. The van der Waals surface area contributed by atoms with Gasteiger partial charge in [0.1, 0.15) is 11.4 Å². The molecule has 0 saturated carbocycles. The number of benzene rings is 2. The Hall–Kier alpha value is -4.20. The lowest BCUT2D eigenvalue weighted by Gasteiger charge is -2.32. The number of piperidine rings is 1. The van der Waals surface area contributed by atoms with Crippen LogP contribution in [0, 0.1) is 11.7 Å². The van der Waals surface area contributed by atoms with Crippen molar-refractivity contribution in [3.63, 3.8) is 0 Å². The summed E-state index contributed by atoms with van der Waals surface area (Å²) >= 11 is 0. The van der Waals surface area contributed by atoms with Gasteiger partial charge in [-0.15, -0.1) is 0 Å². The van der Waals surface area contributed by atoms with Crippen LogP contribution in [0.15, 0.2) is 79.3 Å². The first-order valence-corrected chi connectivity index (χ1v) is 12.2. The van der Waals surface area contributed by atoms with Gasteiger partial charge in [0.25, 0.3) is 5.91 Å². The van der Waals surface area contributed by atoms with Crippen molar-refractivity contribution in [2.75, 3.05) is 18.4 Å². The van der Waals surface area contributed by atoms with Crippen molar-refractivity contribution in [2.45, 2.75) is 26.2 Å². The lowest BCUT2D eigenvalue weighted by Crippen LogP contribution is -2.44. The quantitative estimate of drug-likeness (QED) is 0.424. The summed E-state index contributed by atoms with van der Waals surface area (Å²) < 4.78 is 16.9. The zero-order chi connectivity index (χ0) is 25.1. The number of nitrogens with zero attached hydrogens (tertiary/aromatic N) is 4. The highest BCUT2D eigenvalue weighted by molar-refractivity contribution is 5.98. The molecular weight excluding hydrogens is 457 g/mol. The number of hydrogen-bond acceptors (Lipinski definition) is 3. The van der Waals surface area contributed by atoms with Gasteiger partial charge in [0.15, 0.2) is 5.82 Å². The predicted octanol–water partition coefficient (Wildman–Crippen LogP) is 4.86. The number of aromatic nitrogens is 3. The van der Waals surface area contributed by atoms with E-state index >= 15 is 0 Å². The smallest absolute Gasteiger partial charge is 0.259 e. The van der Waals surface area contributed by atoms with Crippen molar-refractivity contribution >= 4 is 17.5 Å². The molecule has 0 radical (unpaired) electrons. The van der Waals surface area contributed by atoms with E-state index in [0.717, 1.165) is 24.9 Å². The monoisotopic (exact) mass is 485 g/mol. The molecule has 1 atom stereocenters. The van der Waals surface area contributed by atoms with Crippen LogP contribution in [-0.4, -0.2) is 44.2 Å². The molecule has 1 aliphatic heterocycles. The average Bonchev–Trinajstić information content (AvgIpc) is 3.59. The zero-order valence-corrected chi connectivity index (χ0v) is 20.1. The number of hydrogen-bond donors (Lipinski definition) is 1. The molecule has 8 heteroatoms. The summed E-state index contributed by atoms with van der Waals surface area (Å²) in [6.07, 6.45) is 7.62. The maximum Gasteiger partial charge on any atom is 0.259 e. The Labute approximate surface area is 209 Å². The van der Waals surface area contributed by atoms with E-state index in [-0.39, 0.29) is 23.5 Å². The summed E-state index contributed by atoms with van der Waals surface area (Å²) in [6.45, 7) is 3.00. The molecule has 1 fully saturated rings. The third kappa shape index (κ3) is 4.79. The van der Waals surface area contributed by atoms with Crippen LogP contribution in [0.25, 0.3) is 11.5 Å². The third-order valence-corrected chi connectivity index (χ3v) is 6.60. The van der Waals surface area contributed by atoms with E-state index in [1.165, 1.54) is 17.7 Å². The normalized spacial score (nSPS) is 15.6. The molecule has 36 heavy (non-hydrogen) atoms. The van der Waals surface area contributed by atoms with Crippen molar-refractivity contribution in [1.82, 2.24) is 19.2 Å². The second-order valence-electron chi connectivity index (χ2n) is 8.99. The van der Waals surface area contributed by atoms with Gasteiger partial charge in [0, 0.05) is 31.2 Å². The maximum atomic E-state index is 13.7. The van der Waals surface area contributed by atoms with E-state index in [0.29, 0.717) is 30.2 Å². The first-order valence-electron chi connectivity index (χ1n) is 12.2. The Morgan fingerprint density at radius 1 is 1.06 bits per heavy atom. The molecule has 4 aromatic rings. The number of carbonyl (C=O) groups excluding carboxylic acids is 2. The summed E-state index contributed by atoms with van der Waals surface area (Å²) in [7, 11) is 0. The zero-order valence-electron chi connectivity index (χ0n) is 20.1. The first kappa shape index (κ1) is 23.5. The fraction of sp³-hybridized carbons (Fsp3) is 0.250. The van der Waals surface area contributed by atoms with Crippen molar-refractivity contribution in [1.29, 1.82) is 0 Å². The van der Waals surface area contributed by atoms with Crippen LogP contribution in [0.4, 0.5) is 10.1 Å². The minimum absolute atomic E-state index is 0.0793. The summed E-state index contributed by atoms with van der Waals surface area (Å²) in [5.41, 5.74) is 3.04. The van der Waals surface area contributed by atoms with Gasteiger partial charge in [-0.25, -0.2) is 9.07 Å². The molecule has 1 N–H and O–H groups in total. The molecule has 2 amide bonds. The van der Waals surface area contributed by atoms with E-state index in [1.807, 2.05) is 53.4 Å². The van der Waals surface area contributed by atoms with Gasteiger partial charge >= 0.3 is 0 Å². The second kappa shape index (κ2) is 10.2. The van der Waals surface area contributed by atoms with Gasteiger partial charge in [-0.1, -0.05) is 19.1 Å². The largest absolute Gasteiger partial charge is 0.338 e. The van der Waals surface area contributed by atoms with E-state index in [2.05, 4.69) is 17.3 Å². The van der Waals surface area contributed by atoms with Crippen LogP contribution in [0.2, 0.25) is 0 Å². The lowest BCUT2D eigenvalue weighted by molar-refractivity contribution is -0.121. The van der Waals surface area contributed by atoms with Gasteiger partial charge in [-0.2, -0.15) is 5.10 Å². The Bertz CT molecular complexity index is 1340. The van der Waals surface area contributed by atoms with Crippen LogP contribution < -0.4 is 5.32 Å². The highest BCUT2D eigenvalue weighted by Crippen LogP contribution is 2.25. The SMILES string of the molecule is CCc1ccc(NC(=O)[C@@H]2CCCN(C(=O)c3cnn(-c4ccc(F)cc4)c3-n3cccc3)C2)cc1. The number of carbonyl (C=O) groups is 2. The van der Waals surface area contributed by atoms with Crippen LogP contribution in [0.1, 0.15) is 35.7 Å². The highest BCUT2D eigenvalue weighted by atomic mass is 19.1. The number of halogens is 1. The average molecular weight is 486 g/mol. The predicted molar refractivity (Wildman–Crippen MR) is 136 cm³/mol. The lowest BCUT2D eigenvalue weighted by atomic mass is 9.96. The highest BCUT2D eigenvalue weighted by Gasteiger charge is 2.31. The van der Waals surface area contributed by atoms with Crippen LogP contribution >= 0.6 is 0 Å². The van der Waals surface area contributed by atoms with Crippen molar-refractivity contribution in [3.05, 3.63) is 96.2 Å². The Morgan fingerprint density at radius 2 is 1.78 bits per heavy atom. The van der Waals surface area contributed by atoms with Crippen molar-refractivity contribution in [2.24, 2.45) is 5.92 Å². The fourth-order valence-electron chi connectivity index (χ4n) is 4.60. The van der Waals surface area contributed by atoms with Crippen molar-refractivity contribution in [3.8, 4) is 11.5 Å². The number of amides is 2. The molecule has 1 aliphatic rings. The number of likely N-dealkylation sites (tertiary alicyclic amines) is 1. The number of rotatable bonds is 6. The van der Waals surface area contributed by atoms with Gasteiger partial charge < -0.3 is 14.8 Å². The molecule has 2 aromatic heterocycles. The number of nitrogens with one attached hydrogen (secondary N) is 1. The molecule has 2 aromatic carbocycles. The second-order valence-corrected chi connectivity index (χ2v) is 8.99. The molecule has 1 saturated heterocycles. The number of aryl methyl sites for hydroxylation is 1. The minimum Gasteiger partial charge on any atom is -0.338 e. The topological polar surface area (TPSA) is 72.2 Å². The summed E-state index contributed by atoms with van der Waals surface area (Å²) in [5, 5.41) is 7.46. The summed E-state index contributed by atoms with van der Waals surface area (Å²) in [5.74, 6) is -0.333. The van der Waals surface area contributed by atoms with Crippen LogP contribution in [0.3, 0.4) is 0 Å².